The highest BCUT2D eigenvalue weighted by molar-refractivity contribution is 7.33. The van der Waals surface area contributed by atoms with Gasteiger partial charge in [0.15, 0.2) is 0 Å². The van der Waals surface area contributed by atoms with Gasteiger partial charge in [-0.2, -0.15) is 26.3 Å². The van der Waals surface area contributed by atoms with Crippen LogP contribution >= 0.6 is 45.3 Å². The number of hydrogen-bond acceptors (Lipinski definition) is 4. The zero-order valence-corrected chi connectivity index (χ0v) is 22.2. The summed E-state index contributed by atoms with van der Waals surface area (Å²) in [5, 5.41) is 0. The summed E-state index contributed by atoms with van der Waals surface area (Å²) in [4.78, 5) is 6.10. The molecular formula is C28H14F6S4. The maximum absolute atomic E-state index is 12.9. The van der Waals surface area contributed by atoms with Crippen LogP contribution in [0.25, 0.3) is 49.8 Å². The molecule has 6 aromatic rings. The first-order valence-electron chi connectivity index (χ1n) is 11.1. The van der Waals surface area contributed by atoms with Crippen LogP contribution in [-0.2, 0) is 12.4 Å². The minimum atomic E-state index is -4.35. The van der Waals surface area contributed by atoms with E-state index in [4.69, 9.17) is 0 Å². The van der Waals surface area contributed by atoms with Gasteiger partial charge in [0.05, 0.1) is 11.1 Å². The number of halogens is 6. The van der Waals surface area contributed by atoms with Crippen molar-refractivity contribution in [3.63, 3.8) is 0 Å². The fourth-order valence-electron chi connectivity index (χ4n) is 3.98. The molecule has 192 valence electrons. The summed E-state index contributed by atoms with van der Waals surface area (Å²) in [6.45, 7) is 0. The van der Waals surface area contributed by atoms with E-state index in [0.29, 0.717) is 0 Å². The molecule has 10 heteroatoms. The van der Waals surface area contributed by atoms with E-state index in [1.165, 1.54) is 24.3 Å². The maximum atomic E-state index is 12.9. The molecule has 0 fully saturated rings. The van der Waals surface area contributed by atoms with Gasteiger partial charge in [0, 0.05) is 38.7 Å². The van der Waals surface area contributed by atoms with Crippen LogP contribution in [0.3, 0.4) is 0 Å². The van der Waals surface area contributed by atoms with Gasteiger partial charge in [-0.05, 0) is 71.8 Å². The molecule has 0 atom stereocenters. The Balaban J connectivity index is 1.21. The maximum Gasteiger partial charge on any atom is 0.416 e. The average molecular weight is 593 g/mol. The van der Waals surface area contributed by atoms with Gasteiger partial charge in [-0.25, -0.2) is 0 Å². The summed E-state index contributed by atoms with van der Waals surface area (Å²) in [6.07, 6.45) is -8.71. The summed E-state index contributed by atoms with van der Waals surface area (Å²) >= 11 is 6.40. The molecule has 0 N–H and O–H groups in total. The number of thiophene rings is 4. The average Bonchev–Trinajstić information content (AvgIpc) is 3.66. The van der Waals surface area contributed by atoms with Gasteiger partial charge in [0.1, 0.15) is 0 Å². The van der Waals surface area contributed by atoms with E-state index in [0.717, 1.165) is 74.1 Å². The Bertz CT molecular complexity index is 1570. The van der Waals surface area contributed by atoms with Crippen molar-refractivity contribution in [3.8, 4) is 40.4 Å². The van der Waals surface area contributed by atoms with Gasteiger partial charge in [0.25, 0.3) is 0 Å². The molecule has 0 radical (unpaired) electrons. The van der Waals surface area contributed by atoms with Crippen LogP contribution in [0.4, 0.5) is 26.3 Å². The van der Waals surface area contributed by atoms with E-state index in [1.807, 2.05) is 24.3 Å². The van der Waals surface area contributed by atoms with Crippen molar-refractivity contribution in [2.75, 3.05) is 0 Å². The zero-order valence-electron chi connectivity index (χ0n) is 19.0. The van der Waals surface area contributed by atoms with Crippen LogP contribution in [0.5, 0.6) is 0 Å². The third-order valence-electron chi connectivity index (χ3n) is 5.90. The molecule has 0 amide bonds. The molecule has 0 bridgehead atoms. The van der Waals surface area contributed by atoms with Gasteiger partial charge in [-0.1, -0.05) is 24.3 Å². The molecule has 0 aliphatic carbocycles. The van der Waals surface area contributed by atoms with Crippen LogP contribution < -0.4 is 0 Å². The van der Waals surface area contributed by atoms with Crippen molar-refractivity contribution < 1.29 is 26.3 Å². The fraction of sp³-hybridized carbons (Fsp3) is 0.0714. The van der Waals surface area contributed by atoms with Crippen LogP contribution in [0.1, 0.15) is 11.1 Å². The molecule has 4 heterocycles. The Hall–Kier alpha value is -2.92. The predicted molar refractivity (Wildman–Crippen MR) is 147 cm³/mol. The summed E-state index contributed by atoms with van der Waals surface area (Å²) in [7, 11) is 0. The number of rotatable bonds is 4. The molecule has 0 aliphatic heterocycles. The minimum absolute atomic E-state index is 0.662. The second kappa shape index (κ2) is 9.37. The van der Waals surface area contributed by atoms with Gasteiger partial charge >= 0.3 is 12.4 Å². The highest BCUT2D eigenvalue weighted by Gasteiger charge is 2.30. The summed E-state index contributed by atoms with van der Waals surface area (Å²) in [5.41, 5.74) is 0.169. The number of fused-ring (bicyclic) bond motifs is 1. The number of alkyl halides is 6. The molecule has 0 nitrogen and oxygen atoms in total. The van der Waals surface area contributed by atoms with Gasteiger partial charge in [-0.3, -0.25) is 0 Å². The normalized spacial score (nSPS) is 12.5. The third kappa shape index (κ3) is 4.93. The SMILES string of the molecule is FC(F)(F)c1ccc(-c2ccc(-c3cc4sc(-c5ccc(-c6ccc(C(F)(F)F)cc6)s5)cc4s3)s2)cc1. The van der Waals surface area contributed by atoms with Gasteiger partial charge < -0.3 is 0 Å². The second-order valence-electron chi connectivity index (χ2n) is 8.43. The Kier molecular flexibility index (Phi) is 6.26. The van der Waals surface area contributed by atoms with Crippen molar-refractivity contribution in [1.29, 1.82) is 0 Å². The Morgan fingerprint density at radius 2 is 0.711 bits per heavy atom. The number of hydrogen-bond donors (Lipinski definition) is 0. The quantitative estimate of drug-likeness (QED) is 0.179. The Morgan fingerprint density at radius 1 is 0.368 bits per heavy atom. The first kappa shape index (κ1) is 25.4. The molecule has 0 saturated carbocycles. The van der Waals surface area contributed by atoms with E-state index in [2.05, 4.69) is 12.1 Å². The molecule has 0 saturated heterocycles. The van der Waals surface area contributed by atoms with Crippen molar-refractivity contribution in [3.05, 3.63) is 96.1 Å². The molecule has 2 aromatic carbocycles. The molecule has 0 spiro atoms. The highest BCUT2D eigenvalue weighted by Crippen LogP contribution is 2.46. The Morgan fingerprint density at radius 3 is 1.05 bits per heavy atom. The molecule has 4 aromatic heterocycles. The van der Waals surface area contributed by atoms with Gasteiger partial charge in [0.2, 0.25) is 0 Å². The topological polar surface area (TPSA) is 0 Å². The lowest BCUT2D eigenvalue weighted by atomic mass is 10.1. The molecule has 0 aliphatic rings. The van der Waals surface area contributed by atoms with Crippen molar-refractivity contribution in [1.82, 2.24) is 0 Å². The lowest BCUT2D eigenvalue weighted by molar-refractivity contribution is -0.138. The van der Waals surface area contributed by atoms with Crippen molar-refractivity contribution in [2.24, 2.45) is 0 Å². The van der Waals surface area contributed by atoms with E-state index in [9.17, 15) is 26.3 Å². The molecule has 38 heavy (non-hydrogen) atoms. The smallest absolute Gasteiger partial charge is 0.166 e. The molecule has 0 unspecified atom stereocenters. The van der Waals surface area contributed by atoms with Crippen LogP contribution in [0.15, 0.2) is 84.9 Å². The van der Waals surface area contributed by atoms with Gasteiger partial charge in [-0.15, -0.1) is 45.3 Å². The van der Waals surface area contributed by atoms with E-state index < -0.39 is 23.5 Å². The fourth-order valence-corrected chi connectivity index (χ4v) is 8.56. The van der Waals surface area contributed by atoms with E-state index >= 15 is 0 Å². The molecular weight excluding hydrogens is 579 g/mol. The number of benzene rings is 2. The first-order valence-corrected chi connectivity index (χ1v) is 14.4. The lowest BCUT2D eigenvalue weighted by Gasteiger charge is -2.06. The summed E-state index contributed by atoms with van der Waals surface area (Å²) in [5.74, 6) is 0. The monoisotopic (exact) mass is 592 g/mol. The molecule has 6 rings (SSSR count). The summed E-state index contributed by atoms with van der Waals surface area (Å²) in [6, 6.07) is 22.5. The zero-order chi connectivity index (χ0) is 26.7. The highest BCUT2D eigenvalue weighted by atomic mass is 32.1. The van der Waals surface area contributed by atoms with Crippen LogP contribution in [0, 0.1) is 0 Å². The lowest BCUT2D eigenvalue weighted by Crippen LogP contribution is -2.03. The summed E-state index contributed by atoms with van der Waals surface area (Å²) < 4.78 is 79.4. The van der Waals surface area contributed by atoms with E-state index in [1.54, 1.807) is 45.3 Å². The predicted octanol–water partition coefficient (Wildman–Crippen LogP) is 11.8. The van der Waals surface area contributed by atoms with Crippen LogP contribution in [0.2, 0.25) is 0 Å². The first-order chi connectivity index (χ1) is 18.0. The Labute approximate surface area is 229 Å². The minimum Gasteiger partial charge on any atom is -0.166 e. The standard InChI is InChI=1S/C28H14F6S4/c29-27(30,31)17-5-1-15(2-6-17)19-9-11-21(35-19)23-13-25-26(37-23)14-24(38-25)22-12-10-20(36-22)16-3-7-18(8-4-16)28(32,33)34/h1-14H. The van der Waals surface area contributed by atoms with Crippen LogP contribution in [-0.4, -0.2) is 0 Å². The largest absolute Gasteiger partial charge is 0.416 e. The van der Waals surface area contributed by atoms with Crippen molar-refractivity contribution >= 4 is 54.7 Å². The van der Waals surface area contributed by atoms with E-state index in [-0.39, 0.29) is 0 Å². The van der Waals surface area contributed by atoms with Crippen molar-refractivity contribution in [2.45, 2.75) is 12.4 Å². The second-order valence-corrected chi connectivity index (χ2v) is 12.8. The third-order valence-corrected chi connectivity index (χ3v) is 10.9.